The van der Waals surface area contributed by atoms with E-state index in [4.69, 9.17) is 11.6 Å². The van der Waals surface area contributed by atoms with E-state index < -0.39 is 14.9 Å². The van der Waals surface area contributed by atoms with Gasteiger partial charge in [0.1, 0.15) is 4.21 Å². The zero-order chi connectivity index (χ0) is 15.1. The van der Waals surface area contributed by atoms with Gasteiger partial charge in [0.15, 0.2) is 4.34 Å². The van der Waals surface area contributed by atoms with Gasteiger partial charge in [0.05, 0.1) is 4.92 Å². The molecule has 1 fully saturated rings. The van der Waals surface area contributed by atoms with Crippen molar-refractivity contribution in [2.45, 2.75) is 49.4 Å². The summed E-state index contributed by atoms with van der Waals surface area (Å²) in [7, 11) is -3.72. The van der Waals surface area contributed by atoms with E-state index >= 15 is 0 Å². The van der Waals surface area contributed by atoms with Crippen molar-refractivity contribution >= 4 is 38.6 Å². The first-order chi connectivity index (χ1) is 9.28. The molecule has 1 saturated heterocycles. The normalized spacial score (nSPS) is 24.1. The second-order valence-corrected chi connectivity index (χ2v) is 8.53. The maximum atomic E-state index is 12.7. The quantitative estimate of drug-likeness (QED) is 0.623. The summed E-state index contributed by atoms with van der Waals surface area (Å²) >= 11 is 6.50. The molecule has 0 aromatic carbocycles. The van der Waals surface area contributed by atoms with Crippen LogP contribution in [0.1, 0.15) is 33.1 Å². The van der Waals surface area contributed by atoms with Crippen molar-refractivity contribution < 1.29 is 13.3 Å². The summed E-state index contributed by atoms with van der Waals surface area (Å²) in [6.45, 7) is 3.80. The fourth-order valence-corrected chi connectivity index (χ4v) is 6.28. The summed E-state index contributed by atoms with van der Waals surface area (Å²) in [6.07, 6.45) is 2.35. The van der Waals surface area contributed by atoms with Crippen LogP contribution in [0.4, 0.5) is 5.69 Å². The minimum Gasteiger partial charge on any atom is -0.258 e. The molecule has 6 nitrogen and oxygen atoms in total. The van der Waals surface area contributed by atoms with Gasteiger partial charge >= 0.3 is 0 Å². The number of hydrogen-bond acceptors (Lipinski definition) is 5. The Hall–Kier alpha value is -0.700. The molecule has 112 valence electrons. The molecule has 2 unspecified atom stereocenters. The molecule has 9 heteroatoms. The van der Waals surface area contributed by atoms with E-state index in [1.165, 1.54) is 4.31 Å². The lowest BCUT2D eigenvalue weighted by molar-refractivity contribution is -0.384. The third kappa shape index (κ3) is 2.57. The van der Waals surface area contributed by atoms with E-state index in [0.717, 1.165) is 36.7 Å². The molecule has 0 spiro atoms. The molecular formula is C11H15ClN2O4S2. The van der Waals surface area contributed by atoms with Crippen molar-refractivity contribution in [1.82, 2.24) is 4.31 Å². The number of sulfonamides is 1. The van der Waals surface area contributed by atoms with Crippen molar-refractivity contribution in [3.05, 3.63) is 20.5 Å². The molecule has 0 radical (unpaired) electrons. The molecule has 0 bridgehead atoms. The fraction of sp³-hybridized carbons (Fsp3) is 0.636. The Morgan fingerprint density at radius 2 is 2.20 bits per heavy atom. The summed E-state index contributed by atoms with van der Waals surface area (Å²) in [4.78, 5) is 10.1. The second kappa shape index (κ2) is 5.59. The smallest absolute Gasteiger partial charge is 0.258 e. The largest absolute Gasteiger partial charge is 0.300 e. The fourth-order valence-electron chi connectivity index (χ4n) is 2.56. The zero-order valence-corrected chi connectivity index (χ0v) is 13.5. The Morgan fingerprint density at radius 1 is 1.55 bits per heavy atom. The molecule has 1 aliphatic heterocycles. The maximum Gasteiger partial charge on any atom is 0.300 e. The maximum absolute atomic E-state index is 12.7. The highest BCUT2D eigenvalue weighted by atomic mass is 35.5. The van der Waals surface area contributed by atoms with Gasteiger partial charge in [-0.25, -0.2) is 8.42 Å². The lowest BCUT2D eigenvalue weighted by Gasteiger charge is -2.26. The average molecular weight is 339 g/mol. The predicted molar refractivity (Wildman–Crippen MR) is 77.8 cm³/mol. The van der Waals surface area contributed by atoms with E-state index in [1.54, 1.807) is 0 Å². The van der Waals surface area contributed by atoms with Gasteiger partial charge in [-0.05, 0) is 26.2 Å². The SMILES string of the molecule is CCC1CCC(C)N1S(=O)(=O)c1cc([N+](=O)[O-])c(Cl)s1. The van der Waals surface area contributed by atoms with Crippen LogP contribution in [0.5, 0.6) is 0 Å². The Morgan fingerprint density at radius 3 is 2.70 bits per heavy atom. The minimum atomic E-state index is -3.72. The van der Waals surface area contributed by atoms with E-state index in [2.05, 4.69) is 0 Å². The number of thiophene rings is 1. The Bertz CT molecular complexity index is 628. The Balaban J connectivity index is 2.44. The van der Waals surface area contributed by atoms with Crippen LogP contribution in [-0.2, 0) is 10.0 Å². The van der Waals surface area contributed by atoms with Crippen LogP contribution >= 0.6 is 22.9 Å². The number of rotatable bonds is 4. The highest BCUT2D eigenvalue weighted by Crippen LogP contribution is 2.40. The first kappa shape index (κ1) is 15.7. The van der Waals surface area contributed by atoms with Crippen LogP contribution in [0.2, 0.25) is 4.34 Å². The summed E-state index contributed by atoms with van der Waals surface area (Å²) < 4.78 is 26.6. The summed E-state index contributed by atoms with van der Waals surface area (Å²) in [6, 6.07) is 0.917. The predicted octanol–water partition coefficient (Wildman–Crippen LogP) is 3.26. The van der Waals surface area contributed by atoms with Crippen LogP contribution in [0.3, 0.4) is 0 Å². The third-order valence-corrected chi connectivity index (χ3v) is 7.41. The van der Waals surface area contributed by atoms with Crippen molar-refractivity contribution in [2.75, 3.05) is 0 Å². The molecule has 1 aromatic rings. The third-order valence-electron chi connectivity index (χ3n) is 3.56. The second-order valence-electron chi connectivity index (χ2n) is 4.80. The van der Waals surface area contributed by atoms with Gasteiger partial charge in [-0.3, -0.25) is 10.1 Å². The van der Waals surface area contributed by atoms with Crippen LogP contribution in [-0.4, -0.2) is 29.7 Å². The lowest BCUT2D eigenvalue weighted by atomic mass is 10.2. The van der Waals surface area contributed by atoms with Gasteiger partial charge < -0.3 is 0 Å². The topological polar surface area (TPSA) is 80.5 Å². The van der Waals surface area contributed by atoms with Crippen LogP contribution in [0, 0.1) is 10.1 Å². The molecule has 2 heterocycles. The van der Waals surface area contributed by atoms with Gasteiger partial charge in [0.25, 0.3) is 15.7 Å². The van der Waals surface area contributed by atoms with Gasteiger partial charge in [0, 0.05) is 18.2 Å². The first-order valence-electron chi connectivity index (χ1n) is 6.26. The minimum absolute atomic E-state index is 0.0464. The molecule has 2 rings (SSSR count). The average Bonchev–Trinajstić information content (AvgIpc) is 2.92. The van der Waals surface area contributed by atoms with Crippen molar-refractivity contribution in [2.24, 2.45) is 0 Å². The highest BCUT2D eigenvalue weighted by molar-refractivity contribution is 7.91. The molecule has 0 N–H and O–H groups in total. The molecule has 0 aliphatic carbocycles. The van der Waals surface area contributed by atoms with Gasteiger partial charge in [-0.1, -0.05) is 18.5 Å². The molecule has 2 atom stereocenters. The van der Waals surface area contributed by atoms with Crippen LogP contribution < -0.4 is 0 Å². The molecule has 20 heavy (non-hydrogen) atoms. The van der Waals surface area contributed by atoms with Crippen molar-refractivity contribution in [3.8, 4) is 0 Å². The van der Waals surface area contributed by atoms with Crippen molar-refractivity contribution in [1.29, 1.82) is 0 Å². The van der Waals surface area contributed by atoms with Gasteiger partial charge in [-0.2, -0.15) is 4.31 Å². The Labute approximate surface area is 126 Å². The van der Waals surface area contributed by atoms with Gasteiger partial charge in [0.2, 0.25) is 0 Å². The summed E-state index contributed by atoms with van der Waals surface area (Å²) in [5.74, 6) is 0. The number of halogens is 1. The Kier molecular flexibility index (Phi) is 4.38. The number of nitrogens with zero attached hydrogens (tertiary/aromatic N) is 2. The molecule has 0 saturated carbocycles. The number of hydrogen-bond donors (Lipinski definition) is 0. The molecular weight excluding hydrogens is 324 g/mol. The highest BCUT2D eigenvalue weighted by Gasteiger charge is 2.41. The monoisotopic (exact) mass is 338 g/mol. The van der Waals surface area contributed by atoms with Crippen LogP contribution in [0.25, 0.3) is 0 Å². The van der Waals surface area contributed by atoms with Gasteiger partial charge in [-0.15, -0.1) is 11.3 Å². The number of nitro groups is 1. The van der Waals surface area contributed by atoms with E-state index in [0.29, 0.717) is 0 Å². The van der Waals surface area contributed by atoms with E-state index in [1.807, 2.05) is 13.8 Å². The lowest BCUT2D eigenvalue weighted by Crippen LogP contribution is -2.39. The summed E-state index contributed by atoms with van der Waals surface area (Å²) in [5.41, 5.74) is -0.352. The zero-order valence-electron chi connectivity index (χ0n) is 11.1. The van der Waals surface area contributed by atoms with E-state index in [9.17, 15) is 18.5 Å². The molecule has 1 aromatic heterocycles. The van der Waals surface area contributed by atoms with Crippen LogP contribution in [0.15, 0.2) is 10.3 Å². The van der Waals surface area contributed by atoms with E-state index in [-0.39, 0.29) is 26.3 Å². The molecule has 1 aliphatic rings. The standard InChI is InChI=1S/C11H15ClN2O4S2/c1-3-8-5-4-7(2)13(8)20(17,18)10-6-9(14(15)16)11(12)19-10/h6-8H,3-5H2,1-2H3. The summed E-state index contributed by atoms with van der Waals surface area (Å²) in [5, 5.41) is 10.8. The molecule has 0 amide bonds. The van der Waals surface area contributed by atoms with Crippen molar-refractivity contribution in [3.63, 3.8) is 0 Å². The first-order valence-corrected chi connectivity index (χ1v) is 8.89.